The van der Waals surface area contributed by atoms with Gasteiger partial charge in [-0.2, -0.15) is 23.1 Å². The fourth-order valence-corrected chi connectivity index (χ4v) is 3.52. The summed E-state index contributed by atoms with van der Waals surface area (Å²) in [4.78, 5) is 20.4. The van der Waals surface area contributed by atoms with Crippen LogP contribution < -0.4 is 18.9 Å². The lowest BCUT2D eigenvalue weighted by Crippen LogP contribution is -2.33. The zero-order chi connectivity index (χ0) is 23.2. The average molecular weight is 484 g/mol. The van der Waals surface area contributed by atoms with E-state index in [0.717, 1.165) is 0 Å². The largest absolute Gasteiger partial charge is 0.481 e. The minimum Gasteiger partial charge on any atom is -0.481 e. The molecule has 9 nitrogen and oxygen atoms in total. The molecule has 0 saturated heterocycles. The highest BCUT2D eigenvalue weighted by Gasteiger charge is 2.28. The van der Waals surface area contributed by atoms with E-state index in [1.807, 2.05) is 0 Å². The summed E-state index contributed by atoms with van der Waals surface area (Å²) in [7, 11) is -1.68. The highest BCUT2D eigenvalue weighted by atomic mass is 35.5. The molecule has 1 amide bonds. The summed E-state index contributed by atoms with van der Waals surface area (Å²) in [6.45, 7) is 0. The van der Waals surface area contributed by atoms with Crippen LogP contribution in [0.4, 0.5) is 13.2 Å². The molecule has 0 unspecified atom stereocenters. The lowest BCUT2D eigenvalue weighted by atomic mass is 10.2. The van der Waals surface area contributed by atoms with Crippen molar-refractivity contribution in [2.75, 3.05) is 20.0 Å². The minimum absolute atomic E-state index is 0.0853. The topological polar surface area (TPSA) is 117 Å². The molecule has 31 heavy (non-hydrogen) atoms. The Kier molecular flexibility index (Phi) is 7.90. The number of hydrogen-bond acceptors (Lipinski definition) is 8. The van der Waals surface area contributed by atoms with Gasteiger partial charge >= 0.3 is 12.2 Å². The van der Waals surface area contributed by atoms with E-state index in [-0.39, 0.29) is 34.1 Å². The fourth-order valence-electron chi connectivity index (χ4n) is 2.25. The third-order valence-corrected chi connectivity index (χ3v) is 5.24. The Hall–Kier alpha value is -2.80. The van der Waals surface area contributed by atoms with E-state index in [4.69, 9.17) is 25.8 Å². The summed E-state index contributed by atoms with van der Waals surface area (Å²) < 4.78 is 77.8. The molecule has 0 atom stereocenters. The maximum atomic E-state index is 12.5. The number of methoxy groups -OCH3 is 2. The van der Waals surface area contributed by atoms with Gasteiger partial charge in [0.15, 0.2) is 0 Å². The van der Waals surface area contributed by atoms with Gasteiger partial charge < -0.3 is 14.2 Å². The zero-order valence-electron chi connectivity index (χ0n) is 16.2. The Morgan fingerprint density at radius 1 is 1.16 bits per heavy atom. The highest BCUT2D eigenvalue weighted by Crippen LogP contribution is 2.31. The summed E-state index contributed by atoms with van der Waals surface area (Å²) in [6.07, 6.45) is -6.53. The number of amides is 1. The Balaban J connectivity index is 2.25. The zero-order valence-corrected chi connectivity index (χ0v) is 17.8. The number of alkyl halides is 3. The summed E-state index contributed by atoms with van der Waals surface area (Å²) in [5.41, 5.74) is -0.381. The van der Waals surface area contributed by atoms with Crippen LogP contribution >= 0.6 is 11.6 Å². The van der Waals surface area contributed by atoms with E-state index in [1.54, 1.807) is 4.72 Å². The van der Waals surface area contributed by atoms with Crippen molar-refractivity contribution in [3.63, 3.8) is 0 Å². The molecule has 1 aromatic carbocycles. The maximum Gasteiger partial charge on any atom is 0.389 e. The van der Waals surface area contributed by atoms with Crippen LogP contribution in [0.2, 0.25) is 5.02 Å². The number of rotatable bonds is 9. The standard InChI is InChI=1S/C17H17ClF3N3O6S/c1-28-12-9-13(29-2)23-16(22-12)30-11-6-3-5-10(18)14(11)15(25)24-31(26,27)8-4-7-17(19,20)21/h3,5-6,9H,4,7-8H2,1-2H3,(H,24,25). The fraction of sp³-hybridized carbons (Fsp3) is 0.353. The smallest absolute Gasteiger partial charge is 0.389 e. The third kappa shape index (κ3) is 7.43. The number of nitrogens with one attached hydrogen (secondary N) is 1. The van der Waals surface area contributed by atoms with Crippen LogP contribution in [0.15, 0.2) is 24.3 Å². The van der Waals surface area contributed by atoms with Crippen molar-refractivity contribution in [2.45, 2.75) is 19.0 Å². The normalized spacial score (nSPS) is 11.7. The van der Waals surface area contributed by atoms with Crippen LogP contribution in [0.1, 0.15) is 23.2 Å². The van der Waals surface area contributed by atoms with Gasteiger partial charge in [0.05, 0.1) is 31.1 Å². The van der Waals surface area contributed by atoms with Crippen LogP contribution in [0, 0.1) is 0 Å². The molecule has 14 heteroatoms. The number of sulfonamides is 1. The molecule has 0 fully saturated rings. The number of carbonyl (C=O) groups excluding carboxylic acids is 1. The van der Waals surface area contributed by atoms with Crippen molar-refractivity contribution in [2.24, 2.45) is 0 Å². The van der Waals surface area contributed by atoms with Crippen LogP contribution in [0.25, 0.3) is 0 Å². The van der Waals surface area contributed by atoms with Crippen LogP contribution in [-0.2, 0) is 10.0 Å². The number of ether oxygens (including phenoxy) is 3. The summed E-state index contributed by atoms with van der Waals surface area (Å²) in [5, 5.41) is -0.171. The van der Waals surface area contributed by atoms with Gasteiger partial charge in [-0.1, -0.05) is 17.7 Å². The monoisotopic (exact) mass is 483 g/mol. The molecule has 0 saturated carbocycles. The van der Waals surface area contributed by atoms with E-state index < -0.39 is 40.7 Å². The second-order valence-corrected chi connectivity index (χ2v) is 8.17. The number of hydrogen-bond donors (Lipinski definition) is 1. The second-order valence-electron chi connectivity index (χ2n) is 5.92. The van der Waals surface area contributed by atoms with Gasteiger partial charge in [0.1, 0.15) is 11.3 Å². The molecular formula is C17H17ClF3N3O6S. The molecule has 1 N–H and O–H groups in total. The highest BCUT2D eigenvalue weighted by molar-refractivity contribution is 7.90. The van der Waals surface area contributed by atoms with E-state index in [0.29, 0.717) is 0 Å². The lowest BCUT2D eigenvalue weighted by molar-refractivity contribution is -0.134. The van der Waals surface area contributed by atoms with Gasteiger partial charge in [-0.15, -0.1) is 0 Å². The van der Waals surface area contributed by atoms with E-state index in [9.17, 15) is 26.4 Å². The number of nitrogens with zero attached hydrogens (tertiary/aromatic N) is 2. The van der Waals surface area contributed by atoms with Gasteiger partial charge in [0.25, 0.3) is 5.91 Å². The predicted octanol–water partition coefficient (Wildman–Crippen LogP) is 3.34. The molecule has 2 aromatic rings. The van der Waals surface area contributed by atoms with Crippen molar-refractivity contribution in [3.8, 4) is 23.5 Å². The number of benzene rings is 1. The Morgan fingerprint density at radius 3 is 2.32 bits per heavy atom. The Labute approximate surface area is 180 Å². The average Bonchev–Trinajstić information content (AvgIpc) is 2.65. The molecule has 0 aliphatic heterocycles. The van der Waals surface area contributed by atoms with E-state index in [1.165, 1.54) is 38.5 Å². The first-order valence-electron chi connectivity index (χ1n) is 8.49. The summed E-state index contributed by atoms with van der Waals surface area (Å²) in [5.74, 6) is -2.13. The SMILES string of the molecule is COc1cc(OC)nc(Oc2cccc(Cl)c2C(=O)NS(=O)(=O)CCCC(F)(F)F)n1. The Morgan fingerprint density at radius 2 is 1.77 bits per heavy atom. The molecule has 0 aliphatic carbocycles. The van der Waals surface area contributed by atoms with Gasteiger partial charge in [0.2, 0.25) is 21.8 Å². The molecule has 0 spiro atoms. The summed E-state index contributed by atoms with van der Waals surface area (Å²) >= 11 is 6.03. The van der Waals surface area contributed by atoms with Crippen LogP contribution in [0.5, 0.6) is 23.5 Å². The number of halogens is 4. The van der Waals surface area contributed by atoms with Crippen molar-refractivity contribution < 1.29 is 40.6 Å². The molecule has 1 heterocycles. The van der Waals surface area contributed by atoms with Crippen LogP contribution in [-0.4, -0.2) is 50.4 Å². The molecule has 2 rings (SSSR count). The van der Waals surface area contributed by atoms with Crippen molar-refractivity contribution >= 4 is 27.5 Å². The Bertz CT molecular complexity index is 1030. The lowest BCUT2D eigenvalue weighted by Gasteiger charge is -2.13. The summed E-state index contributed by atoms with van der Waals surface area (Å²) in [6, 6.07) is 5.09. The van der Waals surface area contributed by atoms with Gasteiger partial charge in [-0.25, -0.2) is 13.1 Å². The molecular weight excluding hydrogens is 467 g/mol. The van der Waals surface area contributed by atoms with Crippen LogP contribution in [0.3, 0.4) is 0 Å². The molecule has 0 bridgehead atoms. The molecule has 170 valence electrons. The van der Waals surface area contributed by atoms with E-state index >= 15 is 0 Å². The van der Waals surface area contributed by atoms with Gasteiger partial charge in [-0.3, -0.25) is 4.79 Å². The number of aromatic nitrogens is 2. The minimum atomic E-state index is -4.51. The second kappa shape index (κ2) is 10.0. The number of carbonyl (C=O) groups is 1. The van der Waals surface area contributed by atoms with Gasteiger partial charge in [0, 0.05) is 6.42 Å². The first-order valence-corrected chi connectivity index (χ1v) is 10.5. The van der Waals surface area contributed by atoms with Crippen molar-refractivity contribution in [1.82, 2.24) is 14.7 Å². The van der Waals surface area contributed by atoms with Crippen molar-refractivity contribution in [3.05, 3.63) is 34.9 Å². The third-order valence-electron chi connectivity index (χ3n) is 3.60. The first kappa shape index (κ1) is 24.5. The molecule has 0 radical (unpaired) electrons. The predicted molar refractivity (Wildman–Crippen MR) is 103 cm³/mol. The van der Waals surface area contributed by atoms with E-state index in [2.05, 4.69) is 9.97 Å². The first-order chi connectivity index (χ1) is 14.4. The molecule has 0 aliphatic rings. The maximum absolute atomic E-state index is 12.5. The van der Waals surface area contributed by atoms with Crippen molar-refractivity contribution in [1.29, 1.82) is 0 Å². The molecule has 1 aromatic heterocycles. The quantitative estimate of drug-likeness (QED) is 0.577. The van der Waals surface area contributed by atoms with Gasteiger partial charge in [-0.05, 0) is 18.6 Å².